The average molecular weight is 350 g/mol. The first-order chi connectivity index (χ1) is 10.7. The summed E-state index contributed by atoms with van der Waals surface area (Å²) in [7, 11) is -2.86. The minimum atomic E-state index is -1.46. The van der Waals surface area contributed by atoms with E-state index in [1.54, 1.807) is 12.1 Å². The molecule has 0 radical (unpaired) electrons. The number of benzene rings is 1. The highest BCUT2D eigenvalue weighted by molar-refractivity contribution is 6.84. The zero-order valence-electron chi connectivity index (χ0n) is 15.3. The normalized spacial score (nSPS) is 12.0. The van der Waals surface area contributed by atoms with Crippen molar-refractivity contribution < 1.29 is 8.85 Å². The maximum absolute atomic E-state index is 6.92. The highest BCUT2D eigenvalue weighted by atomic mass is 28.4. The number of rotatable bonds is 10. The Hall–Kier alpha value is -1.10. The van der Waals surface area contributed by atoms with E-state index in [2.05, 4.69) is 37.6 Å². The van der Waals surface area contributed by atoms with Gasteiger partial charge in [-0.2, -0.15) is 0 Å². The van der Waals surface area contributed by atoms with Crippen molar-refractivity contribution in [3.05, 3.63) is 35.7 Å². The summed E-state index contributed by atoms with van der Waals surface area (Å²) in [6.45, 7) is 19.2. The molecule has 0 saturated heterocycles. The molecule has 0 saturated carbocycles. The molecular formula is C18H31NO2Si2. The molecule has 0 spiro atoms. The second-order valence-electron chi connectivity index (χ2n) is 7.59. The smallest absolute Gasteiger partial charge is 0.187 e. The highest BCUT2D eigenvalue weighted by Crippen LogP contribution is 2.22. The third kappa shape index (κ3) is 9.59. The van der Waals surface area contributed by atoms with E-state index in [1.807, 2.05) is 12.1 Å². The van der Waals surface area contributed by atoms with Crippen molar-refractivity contribution in [3.8, 4) is 5.75 Å². The number of hydrogen-bond acceptors (Lipinski definition) is 2. The molecule has 23 heavy (non-hydrogen) atoms. The van der Waals surface area contributed by atoms with Gasteiger partial charge in [0.15, 0.2) is 22.3 Å². The van der Waals surface area contributed by atoms with Gasteiger partial charge in [-0.1, -0.05) is 31.4 Å². The predicted molar refractivity (Wildman–Crippen MR) is 103 cm³/mol. The first kappa shape index (κ1) is 19.9. The molecule has 0 aliphatic heterocycles. The Morgan fingerprint density at radius 1 is 0.913 bits per heavy atom. The summed E-state index contributed by atoms with van der Waals surface area (Å²) in [5.41, 5.74) is 0.657. The van der Waals surface area contributed by atoms with Gasteiger partial charge in [0.1, 0.15) is 5.75 Å². The van der Waals surface area contributed by atoms with Crippen LogP contribution in [0.4, 0.5) is 5.69 Å². The summed E-state index contributed by atoms with van der Waals surface area (Å²) in [5, 5.41) is 0. The van der Waals surface area contributed by atoms with Crippen molar-refractivity contribution in [2.45, 2.75) is 64.5 Å². The molecule has 1 rings (SSSR count). The van der Waals surface area contributed by atoms with Gasteiger partial charge in [-0.25, -0.2) is 4.85 Å². The van der Waals surface area contributed by atoms with Crippen LogP contribution < -0.4 is 4.74 Å². The first-order valence-electron chi connectivity index (χ1n) is 8.52. The van der Waals surface area contributed by atoms with Crippen molar-refractivity contribution in [2.75, 3.05) is 6.61 Å². The lowest BCUT2D eigenvalue weighted by molar-refractivity contribution is 0.305. The predicted octanol–water partition coefficient (Wildman–Crippen LogP) is 6.23. The topological polar surface area (TPSA) is 22.8 Å². The summed E-state index contributed by atoms with van der Waals surface area (Å²) in [6.07, 6.45) is 4.81. The maximum atomic E-state index is 6.92. The Kier molecular flexibility index (Phi) is 8.03. The number of unbranched alkanes of at least 4 members (excludes halogenated alkanes) is 3. The molecule has 0 aliphatic rings. The molecule has 0 heterocycles. The zero-order chi connectivity index (χ0) is 17.3. The van der Waals surface area contributed by atoms with Crippen LogP contribution in [0.5, 0.6) is 5.75 Å². The number of nitrogens with zero attached hydrogens (tertiary/aromatic N) is 1. The summed E-state index contributed by atoms with van der Waals surface area (Å²) in [6, 6.07) is 8.60. The van der Waals surface area contributed by atoms with Gasteiger partial charge in [0.2, 0.25) is 0 Å². The second kappa shape index (κ2) is 9.26. The van der Waals surface area contributed by atoms with Crippen LogP contribution in [0.1, 0.15) is 25.7 Å². The zero-order valence-corrected chi connectivity index (χ0v) is 17.3. The third-order valence-corrected chi connectivity index (χ3v) is 9.71. The van der Waals surface area contributed by atoms with Gasteiger partial charge in [-0.15, -0.1) is 0 Å². The first-order valence-corrected chi connectivity index (χ1v) is 15.0. The quantitative estimate of drug-likeness (QED) is 0.284. The van der Waals surface area contributed by atoms with E-state index in [9.17, 15) is 0 Å². The molecule has 5 heteroatoms. The molecule has 0 fully saturated rings. The van der Waals surface area contributed by atoms with Crippen molar-refractivity contribution in [1.29, 1.82) is 0 Å². The molecular weight excluding hydrogens is 318 g/mol. The molecule has 0 aliphatic carbocycles. The largest absolute Gasteiger partial charge is 0.494 e. The van der Waals surface area contributed by atoms with Gasteiger partial charge in [0.25, 0.3) is 0 Å². The van der Waals surface area contributed by atoms with E-state index in [4.69, 9.17) is 15.4 Å². The Balaban J connectivity index is 2.10. The lowest BCUT2D eigenvalue weighted by Crippen LogP contribution is -2.42. The van der Waals surface area contributed by atoms with Crippen LogP contribution in [0.3, 0.4) is 0 Å². The fourth-order valence-corrected chi connectivity index (χ4v) is 10.8. The van der Waals surface area contributed by atoms with E-state index in [-0.39, 0.29) is 0 Å². The van der Waals surface area contributed by atoms with Crippen LogP contribution in [0, 0.1) is 6.57 Å². The van der Waals surface area contributed by atoms with Crippen LogP contribution in [0.2, 0.25) is 38.8 Å². The number of ether oxygens (including phenoxy) is 1. The van der Waals surface area contributed by atoms with Crippen molar-refractivity contribution in [2.24, 2.45) is 0 Å². The second-order valence-corrected chi connectivity index (χ2v) is 16.7. The molecule has 1 aromatic rings. The van der Waals surface area contributed by atoms with Crippen LogP contribution in [0.25, 0.3) is 4.85 Å². The van der Waals surface area contributed by atoms with Gasteiger partial charge in [-0.05, 0) is 57.3 Å². The molecule has 0 aromatic heterocycles. The van der Waals surface area contributed by atoms with Gasteiger partial charge in [0.05, 0.1) is 13.2 Å². The summed E-state index contributed by atoms with van der Waals surface area (Å²) < 4.78 is 12.1. The lowest BCUT2D eigenvalue weighted by Gasteiger charge is -2.31. The fraction of sp³-hybridized carbons (Fsp3) is 0.611. The number of hydrogen-bond donors (Lipinski definition) is 0. The average Bonchev–Trinajstić information content (AvgIpc) is 2.44. The molecule has 0 bridgehead atoms. The Morgan fingerprint density at radius 2 is 1.52 bits per heavy atom. The summed E-state index contributed by atoms with van der Waals surface area (Å²) in [4.78, 5) is 3.37. The Morgan fingerprint density at radius 3 is 2.09 bits per heavy atom. The summed E-state index contributed by atoms with van der Waals surface area (Å²) in [5.74, 6) is 0.856. The van der Waals surface area contributed by atoms with E-state index in [0.29, 0.717) is 5.69 Å². The van der Waals surface area contributed by atoms with Crippen molar-refractivity contribution >= 4 is 22.3 Å². The fourth-order valence-electron chi connectivity index (χ4n) is 2.69. The van der Waals surface area contributed by atoms with Gasteiger partial charge in [-0.3, -0.25) is 0 Å². The van der Waals surface area contributed by atoms with Crippen LogP contribution in [-0.2, 0) is 4.12 Å². The minimum absolute atomic E-state index is 0.657. The van der Waals surface area contributed by atoms with E-state index in [1.165, 1.54) is 25.3 Å². The van der Waals surface area contributed by atoms with Crippen molar-refractivity contribution in [1.82, 2.24) is 0 Å². The Labute approximate surface area is 144 Å². The molecule has 0 atom stereocenters. The molecule has 0 N–H and O–H groups in total. The standard InChI is InChI=1S/C18H31NO2Si2/c1-19-17-11-13-18(14-12-17)20-15-9-7-8-10-16-23(5,6)21-22(2,3)4/h11-14H,7-10,15-16H2,2-6H3. The minimum Gasteiger partial charge on any atom is -0.494 e. The summed E-state index contributed by atoms with van der Waals surface area (Å²) >= 11 is 0. The van der Waals surface area contributed by atoms with E-state index in [0.717, 1.165) is 18.8 Å². The molecule has 3 nitrogen and oxygen atoms in total. The van der Waals surface area contributed by atoms with Gasteiger partial charge >= 0.3 is 0 Å². The van der Waals surface area contributed by atoms with Crippen LogP contribution in [0.15, 0.2) is 24.3 Å². The van der Waals surface area contributed by atoms with Crippen molar-refractivity contribution in [3.63, 3.8) is 0 Å². The van der Waals surface area contributed by atoms with Gasteiger partial charge in [0, 0.05) is 0 Å². The monoisotopic (exact) mass is 349 g/mol. The maximum Gasteiger partial charge on any atom is 0.187 e. The molecule has 1 aromatic carbocycles. The lowest BCUT2D eigenvalue weighted by atomic mass is 10.2. The SMILES string of the molecule is [C-]#[N+]c1ccc(OCCCCCC[Si](C)(C)O[Si](C)(C)C)cc1. The van der Waals surface area contributed by atoms with Crippen LogP contribution in [-0.4, -0.2) is 23.2 Å². The van der Waals surface area contributed by atoms with E-state index >= 15 is 0 Å². The van der Waals surface area contributed by atoms with E-state index < -0.39 is 16.6 Å². The third-order valence-electron chi connectivity index (χ3n) is 3.49. The Bertz CT molecular complexity index is 501. The molecule has 0 amide bonds. The van der Waals surface area contributed by atoms with Crippen LogP contribution >= 0.6 is 0 Å². The van der Waals surface area contributed by atoms with Gasteiger partial charge < -0.3 is 8.85 Å². The molecule has 128 valence electrons. The molecule has 0 unspecified atom stereocenters. The highest BCUT2D eigenvalue weighted by Gasteiger charge is 2.28.